The minimum atomic E-state index is -0.986. The highest BCUT2D eigenvalue weighted by atomic mass is 35.5. The van der Waals surface area contributed by atoms with Crippen LogP contribution in [-0.4, -0.2) is 16.8 Å². The molecule has 3 rings (SSSR count). The summed E-state index contributed by atoms with van der Waals surface area (Å²) in [6.45, 7) is 4.95. The van der Waals surface area contributed by atoms with Crippen molar-refractivity contribution in [2.45, 2.75) is 32.6 Å². The van der Waals surface area contributed by atoms with Crippen LogP contribution in [0.25, 0.3) is 10.8 Å². The summed E-state index contributed by atoms with van der Waals surface area (Å²) >= 11 is 6.10. The molecule has 150 valence electrons. The highest BCUT2D eigenvalue weighted by Crippen LogP contribution is 2.35. The van der Waals surface area contributed by atoms with Crippen molar-refractivity contribution in [3.05, 3.63) is 68.9 Å². The van der Waals surface area contributed by atoms with E-state index < -0.39 is 28.5 Å². The number of Topliss-reactive ketones (excluding diaryl/α,β-unsaturated/α-hetero) is 1. The van der Waals surface area contributed by atoms with Gasteiger partial charge in [0.1, 0.15) is 5.82 Å². The number of carbonyl (C=O) groups excluding carboxylic acids is 2. The van der Waals surface area contributed by atoms with Gasteiger partial charge in [-0.05, 0) is 37.3 Å². The molecular formula is C21H18ClFN2O4. The summed E-state index contributed by atoms with van der Waals surface area (Å²) in [6, 6.07) is 8.78. The molecule has 0 bridgehead atoms. The van der Waals surface area contributed by atoms with Crippen molar-refractivity contribution >= 4 is 39.8 Å². The van der Waals surface area contributed by atoms with Gasteiger partial charge in [0.05, 0.1) is 11.1 Å². The largest absolute Gasteiger partial charge is 0.366 e. The number of amides is 1. The smallest absolute Gasteiger partial charge is 0.319 e. The number of hydrogen-bond acceptors (Lipinski definition) is 5. The molecule has 0 spiro atoms. The first-order valence-corrected chi connectivity index (χ1v) is 9.17. The second kappa shape index (κ2) is 7.75. The molecule has 0 fully saturated rings. The Bertz CT molecular complexity index is 1170. The van der Waals surface area contributed by atoms with Crippen LogP contribution in [0.1, 0.15) is 31.5 Å². The molecule has 29 heavy (non-hydrogen) atoms. The summed E-state index contributed by atoms with van der Waals surface area (Å²) in [5.41, 5.74) is -0.602. The predicted molar refractivity (Wildman–Crippen MR) is 108 cm³/mol. The summed E-state index contributed by atoms with van der Waals surface area (Å²) in [5.74, 6) is -2.11. The lowest BCUT2D eigenvalue weighted by Crippen LogP contribution is -2.31. The van der Waals surface area contributed by atoms with Crippen molar-refractivity contribution in [1.29, 1.82) is 0 Å². The van der Waals surface area contributed by atoms with Gasteiger partial charge in [0.25, 0.3) is 5.91 Å². The zero-order valence-electron chi connectivity index (χ0n) is 16.0. The fourth-order valence-electron chi connectivity index (χ4n) is 3.22. The van der Waals surface area contributed by atoms with E-state index >= 15 is 0 Å². The van der Waals surface area contributed by atoms with Crippen molar-refractivity contribution in [3.8, 4) is 0 Å². The molecule has 1 aromatic heterocycles. The molecule has 1 amide bonds. The van der Waals surface area contributed by atoms with Crippen LogP contribution in [0, 0.1) is 12.7 Å². The van der Waals surface area contributed by atoms with Gasteiger partial charge in [-0.15, -0.1) is 0 Å². The van der Waals surface area contributed by atoms with E-state index in [-0.39, 0.29) is 17.0 Å². The molecule has 8 heteroatoms. The molecule has 0 atom stereocenters. The van der Waals surface area contributed by atoms with E-state index in [9.17, 15) is 18.8 Å². The number of carbonyl (C=O) groups is 2. The Morgan fingerprint density at radius 2 is 1.93 bits per heavy atom. The minimum absolute atomic E-state index is 0.182. The van der Waals surface area contributed by atoms with Gasteiger partial charge in [0.2, 0.25) is 5.78 Å². The third-order valence-corrected chi connectivity index (χ3v) is 4.96. The van der Waals surface area contributed by atoms with Crippen molar-refractivity contribution in [3.63, 3.8) is 0 Å². The predicted octanol–water partition coefficient (Wildman–Crippen LogP) is 4.16. The molecule has 0 aliphatic carbocycles. The first-order chi connectivity index (χ1) is 13.6. The van der Waals surface area contributed by atoms with E-state index in [1.807, 2.05) is 0 Å². The number of ketones is 1. The fourth-order valence-corrected chi connectivity index (χ4v) is 3.64. The zero-order chi connectivity index (χ0) is 21.3. The monoisotopic (exact) mass is 416 g/mol. The third kappa shape index (κ3) is 4.19. The van der Waals surface area contributed by atoms with Crippen LogP contribution in [0.15, 0.2) is 45.7 Å². The Hall–Kier alpha value is -3.06. The Balaban J connectivity index is 1.81. The van der Waals surface area contributed by atoms with Crippen molar-refractivity contribution in [1.82, 2.24) is 5.16 Å². The Morgan fingerprint density at radius 1 is 1.21 bits per heavy atom. The fraction of sp³-hybridized carbons (Fsp3) is 0.238. The average Bonchev–Trinajstić information content (AvgIpc) is 2.64. The van der Waals surface area contributed by atoms with E-state index in [0.29, 0.717) is 22.2 Å². The Labute approximate surface area is 170 Å². The summed E-state index contributed by atoms with van der Waals surface area (Å²) in [5, 5.41) is 7.17. The standard InChI is InChI=1S/C21H18ClFN2O4/c1-11-14-9-12(7-8-13(14)20(28)29-25-11)24-19(27)17(26)10-21(2,3)18-15(22)5-4-6-16(18)23/h4-9H,10H2,1-3H3,(H,24,27). The highest BCUT2D eigenvalue weighted by Gasteiger charge is 2.32. The van der Waals surface area contributed by atoms with Crippen LogP contribution in [-0.2, 0) is 15.0 Å². The lowest BCUT2D eigenvalue weighted by molar-refractivity contribution is -0.135. The summed E-state index contributed by atoms with van der Waals surface area (Å²) in [7, 11) is 0. The number of aryl methyl sites for hydroxylation is 1. The van der Waals surface area contributed by atoms with E-state index in [1.54, 1.807) is 26.8 Å². The van der Waals surface area contributed by atoms with Gasteiger partial charge in [-0.3, -0.25) is 9.59 Å². The lowest BCUT2D eigenvalue weighted by Gasteiger charge is -2.25. The summed E-state index contributed by atoms with van der Waals surface area (Å²) < 4.78 is 18.9. The number of fused-ring (bicyclic) bond motifs is 1. The zero-order valence-corrected chi connectivity index (χ0v) is 16.8. The van der Waals surface area contributed by atoms with Crippen molar-refractivity contribution in [2.24, 2.45) is 0 Å². The van der Waals surface area contributed by atoms with Gasteiger partial charge in [-0.2, -0.15) is 0 Å². The number of nitrogens with one attached hydrogen (secondary N) is 1. The minimum Gasteiger partial charge on any atom is -0.319 e. The quantitative estimate of drug-likeness (QED) is 0.630. The van der Waals surface area contributed by atoms with Crippen LogP contribution in [0.5, 0.6) is 0 Å². The molecule has 0 unspecified atom stereocenters. The lowest BCUT2D eigenvalue weighted by atomic mass is 9.79. The number of hydrogen-bond donors (Lipinski definition) is 1. The molecule has 1 heterocycles. The van der Waals surface area contributed by atoms with E-state index in [1.165, 1.54) is 30.3 Å². The van der Waals surface area contributed by atoms with Gasteiger partial charge in [0, 0.05) is 33.5 Å². The number of rotatable bonds is 5. The van der Waals surface area contributed by atoms with Gasteiger partial charge >= 0.3 is 5.63 Å². The number of anilines is 1. The molecule has 0 aliphatic rings. The highest BCUT2D eigenvalue weighted by molar-refractivity contribution is 6.41. The van der Waals surface area contributed by atoms with Crippen LogP contribution in [0.4, 0.5) is 10.1 Å². The SMILES string of the molecule is Cc1noc(=O)c2ccc(NC(=O)C(=O)CC(C)(C)c3c(F)cccc3Cl)cc12. The summed E-state index contributed by atoms with van der Waals surface area (Å²) in [4.78, 5) is 36.6. The number of aromatic nitrogens is 1. The second-order valence-corrected chi connectivity index (χ2v) is 7.76. The third-order valence-electron chi connectivity index (χ3n) is 4.65. The van der Waals surface area contributed by atoms with Crippen molar-refractivity contribution in [2.75, 3.05) is 5.32 Å². The first-order valence-electron chi connectivity index (χ1n) is 8.79. The summed E-state index contributed by atoms with van der Waals surface area (Å²) in [6.07, 6.45) is -0.239. The Morgan fingerprint density at radius 3 is 2.62 bits per heavy atom. The van der Waals surface area contributed by atoms with Crippen LogP contribution >= 0.6 is 11.6 Å². The molecule has 0 aliphatic heterocycles. The first kappa shape index (κ1) is 20.7. The number of nitrogens with zero attached hydrogens (tertiary/aromatic N) is 1. The van der Waals surface area contributed by atoms with Crippen molar-refractivity contribution < 1.29 is 18.5 Å². The molecule has 0 radical (unpaired) electrons. The Kier molecular flexibility index (Phi) is 5.53. The molecule has 3 aromatic rings. The molecule has 0 saturated carbocycles. The molecule has 6 nitrogen and oxygen atoms in total. The second-order valence-electron chi connectivity index (χ2n) is 7.35. The maximum atomic E-state index is 14.2. The molecule has 2 aromatic carbocycles. The maximum Gasteiger partial charge on any atom is 0.366 e. The average molecular weight is 417 g/mol. The normalized spacial score (nSPS) is 11.5. The number of halogens is 2. The van der Waals surface area contributed by atoms with Gasteiger partial charge in [-0.25, -0.2) is 9.18 Å². The number of benzene rings is 2. The van der Waals surface area contributed by atoms with Gasteiger partial charge in [-0.1, -0.05) is 36.7 Å². The van der Waals surface area contributed by atoms with Gasteiger partial charge < -0.3 is 9.84 Å². The van der Waals surface area contributed by atoms with E-state index in [2.05, 4.69) is 15.0 Å². The van der Waals surface area contributed by atoms with E-state index in [0.717, 1.165) is 0 Å². The molecular weight excluding hydrogens is 399 g/mol. The van der Waals surface area contributed by atoms with Crippen LogP contribution < -0.4 is 10.9 Å². The molecule has 0 saturated heterocycles. The van der Waals surface area contributed by atoms with E-state index in [4.69, 9.17) is 11.6 Å². The molecule has 1 N–H and O–H groups in total. The van der Waals surface area contributed by atoms with Crippen LogP contribution in [0.3, 0.4) is 0 Å². The topological polar surface area (TPSA) is 89.3 Å². The van der Waals surface area contributed by atoms with Gasteiger partial charge in [0.15, 0.2) is 0 Å². The maximum absolute atomic E-state index is 14.2. The van der Waals surface area contributed by atoms with Crippen LogP contribution in [0.2, 0.25) is 5.02 Å².